The molecule has 0 aliphatic rings. The van der Waals surface area contributed by atoms with Gasteiger partial charge in [0.05, 0.1) is 0 Å². The Bertz CT molecular complexity index is 524. The second-order valence-corrected chi connectivity index (χ2v) is 4.04. The van der Waals surface area contributed by atoms with E-state index in [1.54, 1.807) is 0 Å². The summed E-state index contributed by atoms with van der Waals surface area (Å²) in [5, 5.41) is 0. The van der Waals surface area contributed by atoms with Gasteiger partial charge in [0, 0.05) is 18.2 Å². The second-order valence-electron chi connectivity index (χ2n) is 4.04. The summed E-state index contributed by atoms with van der Waals surface area (Å²) < 4.78 is 2.22. The number of para-hydroxylation sites is 1. The van der Waals surface area contributed by atoms with Crippen molar-refractivity contribution in [3.05, 3.63) is 72.3 Å². The van der Waals surface area contributed by atoms with E-state index in [9.17, 15) is 0 Å². The van der Waals surface area contributed by atoms with Gasteiger partial charge in [0.25, 0.3) is 0 Å². The SMILES string of the molecule is CC[N+](=CC=Cc1ccccc1)c1ccccc1. The lowest BCUT2D eigenvalue weighted by Crippen LogP contribution is -2.04. The van der Waals surface area contributed by atoms with Crippen LogP contribution in [-0.4, -0.2) is 17.3 Å². The summed E-state index contributed by atoms with van der Waals surface area (Å²) in [6.07, 6.45) is 6.32. The van der Waals surface area contributed by atoms with Gasteiger partial charge in [-0.15, -0.1) is 0 Å². The van der Waals surface area contributed by atoms with E-state index in [1.807, 2.05) is 12.1 Å². The highest BCUT2D eigenvalue weighted by Gasteiger charge is 2.02. The van der Waals surface area contributed by atoms with Gasteiger partial charge in [-0.1, -0.05) is 48.5 Å². The zero-order valence-corrected chi connectivity index (χ0v) is 10.7. The average molecular weight is 236 g/mol. The molecule has 1 heteroatoms. The van der Waals surface area contributed by atoms with Crippen LogP contribution in [0.15, 0.2) is 66.7 Å². The monoisotopic (exact) mass is 236 g/mol. The van der Waals surface area contributed by atoms with Crippen molar-refractivity contribution >= 4 is 18.0 Å². The smallest absolute Gasteiger partial charge is 0.199 e. The first-order valence-electron chi connectivity index (χ1n) is 6.28. The van der Waals surface area contributed by atoms with Gasteiger partial charge in [-0.2, -0.15) is 4.58 Å². The van der Waals surface area contributed by atoms with Gasteiger partial charge in [0.2, 0.25) is 5.69 Å². The van der Waals surface area contributed by atoms with Gasteiger partial charge < -0.3 is 0 Å². The van der Waals surface area contributed by atoms with Crippen molar-refractivity contribution in [3.63, 3.8) is 0 Å². The highest BCUT2D eigenvalue weighted by Crippen LogP contribution is 2.09. The van der Waals surface area contributed by atoms with E-state index in [-0.39, 0.29) is 0 Å². The van der Waals surface area contributed by atoms with E-state index in [2.05, 4.69) is 78.4 Å². The molecule has 0 aliphatic carbocycles. The predicted molar refractivity (Wildman–Crippen MR) is 78.4 cm³/mol. The van der Waals surface area contributed by atoms with Gasteiger partial charge in [0.15, 0.2) is 6.21 Å². The molecule has 2 rings (SSSR count). The molecule has 0 atom stereocenters. The summed E-state index contributed by atoms with van der Waals surface area (Å²) in [6, 6.07) is 20.7. The fourth-order valence-corrected chi connectivity index (χ4v) is 1.82. The Kier molecular flexibility index (Phi) is 4.48. The van der Waals surface area contributed by atoms with Crippen molar-refractivity contribution in [1.82, 2.24) is 0 Å². The maximum Gasteiger partial charge on any atom is 0.205 e. The molecule has 0 heterocycles. The van der Waals surface area contributed by atoms with Crippen molar-refractivity contribution in [1.29, 1.82) is 0 Å². The molecule has 0 fully saturated rings. The van der Waals surface area contributed by atoms with Gasteiger partial charge in [-0.25, -0.2) is 0 Å². The van der Waals surface area contributed by atoms with Crippen LogP contribution in [0.2, 0.25) is 0 Å². The minimum atomic E-state index is 0.961. The van der Waals surface area contributed by atoms with Crippen LogP contribution in [0.25, 0.3) is 6.08 Å². The molecule has 2 aromatic carbocycles. The van der Waals surface area contributed by atoms with Crippen LogP contribution in [0.3, 0.4) is 0 Å². The molecular formula is C17H18N+. The number of rotatable bonds is 4. The fourth-order valence-electron chi connectivity index (χ4n) is 1.82. The van der Waals surface area contributed by atoms with Crippen LogP contribution >= 0.6 is 0 Å². The topological polar surface area (TPSA) is 3.01 Å². The molecule has 0 radical (unpaired) electrons. The van der Waals surface area contributed by atoms with Crippen LogP contribution in [0.4, 0.5) is 5.69 Å². The number of nitrogens with zero attached hydrogens (tertiary/aromatic N) is 1. The molecule has 0 saturated heterocycles. The highest BCUT2D eigenvalue weighted by molar-refractivity contribution is 5.75. The Hall–Kier alpha value is -2.15. The minimum absolute atomic E-state index is 0.961. The molecule has 0 saturated carbocycles. The third-order valence-electron chi connectivity index (χ3n) is 2.78. The first kappa shape index (κ1) is 12.3. The minimum Gasteiger partial charge on any atom is -0.199 e. The van der Waals surface area contributed by atoms with E-state index in [1.165, 1.54) is 11.3 Å². The zero-order valence-electron chi connectivity index (χ0n) is 10.7. The van der Waals surface area contributed by atoms with Crippen LogP contribution in [0.1, 0.15) is 12.5 Å². The molecule has 0 aromatic heterocycles. The Morgan fingerprint density at radius 1 is 0.889 bits per heavy atom. The van der Waals surface area contributed by atoms with Crippen molar-refractivity contribution in [2.75, 3.05) is 6.54 Å². The van der Waals surface area contributed by atoms with Gasteiger partial charge in [-0.3, -0.25) is 0 Å². The second kappa shape index (κ2) is 6.55. The largest absolute Gasteiger partial charge is 0.205 e. The molecule has 0 N–H and O–H groups in total. The lowest BCUT2D eigenvalue weighted by Gasteiger charge is -1.97. The average Bonchev–Trinajstić information content (AvgIpc) is 2.46. The number of benzene rings is 2. The Labute approximate surface area is 109 Å². The molecule has 0 aliphatic heterocycles. The number of hydrogen-bond acceptors (Lipinski definition) is 0. The maximum atomic E-state index is 2.22. The molecule has 0 bridgehead atoms. The highest BCUT2D eigenvalue weighted by atomic mass is 15.0. The van der Waals surface area contributed by atoms with Crippen LogP contribution in [0.5, 0.6) is 0 Å². The molecular weight excluding hydrogens is 218 g/mol. The standard InChI is InChI=1S/C17H18N/c1-2-18(17-13-7-4-8-14-17)15-9-12-16-10-5-3-6-11-16/h3-15H,2H2,1H3/q+1. The van der Waals surface area contributed by atoms with Gasteiger partial charge in [0.1, 0.15) is 6.54 Å². The molecule has 1 nitrogen and oxygen atoms in total. The normalized spacial score (nSPS) is 11.9. The lowest BCUT2D eigenvalue weighted by atomic mass is 10.2. The summed E-state index contributed by atoms with van der Waals surface area (Å²) in [4.78, 5) is 0. The molecule has 0 unspecified atom stereocenters. The van der Waals surface area contributed by atoms with Gasteiger partial charge >= 0.3 is 0 Å². The summed E-state index contributed by atoms with van der Waals surface area (Å²) in [5.74, 6) is 0. The van der Waals surface area contributed by atoms with Crippen molar-refractivity contribution < 1.29 is 4.58 Å². The number of allylic oxidation sites excluding steroid dienone is 1. The van der Waals surface area contributed by atoms with Crippen LogP contribution < -0.4 is 0 Å². The third kappa shape index (κ3) is 3.42. The van der Waals surface area contributed by atoms with Crippen molar-refractivity contribution in [2.24, 2.45) is 0 Å². The van der Waals surface area contributed by atoms with Crippen LogP contribution in [-0.2, 0) is 0 Å². The first-order valence-corrected chi connectivity index (χ1v) is 6.28. The maximum absolute atomic E-state index is 2.22. The summed E-state index contributed by atoms with van der Waals surface area (Å²) in [7, 11) is 0. The summed E-state index contributed by atoms with van der Waals surface area (Å²) in [6.45, 7) is 3.11. The molecule has 2 aromatic rings. The molecule has 18 heavy (non-hydrogen) atoms. The molecule has 90 valence electrons. The Morgan fingerprint density at radius 3 is 2.11 bits per heavy atom. The van der Waals surface area contributed by atoms with Gasteiger partial charge in [-0.05, 0) is 18.6 Å². The summed E-state index contributed by atoms with van der Waals surface area (Å²) >= 11 is 0. The van der Waals surface area contributed by atoms with Crippen molar-refractivity contribution in [3.8, 4) is 0 Å². The fraction of sp³-hybridized carbons (Fsp3) is 0.118. The zero-order chi connectivity index (χ0) is 12.6. The van der Waals surface area contributed by atoms with Crippen molar-refractivity contribution in [2.45, 2.75) is 6.92 Å². The molecule has 0 amide bonds. The lowest BCUT2D eigenvalue weighted by molar-refractivity contribution is -0.430. The van der Waals surface area contributed by atoms with E-state index in [4.69, 9.17) is 0 Å². The quantitative estimate of drug-likeness (QED) is 0.554. The van der Waals surface area contributed by atoms with E-state index < -0.39 is 0 Å². The third-order valence-corrected chi connectivity index (χ3v) is 2.78. The Morgan fingerprint density at radius 2 is 1.50 bits per heavy atom. The first-order chi connectivity index (χ1) is 8.90. The predicted octanol–water partition coefficient (Wildman–Crippen LogP) is 4.13. The summed E-state index contributed by atoms with van der Waals surface area (Å²) in [5.41, 5.74) is 2.44. The van der Waals surface area contributed by atoms with E-state index in [0.717, 1.165) is 6.54 Å². The van der Waals surface area contributed by atoms with Crippen LogP contribution in [0, 0.1) is 0 Å². The van der Waals surface area contributed by atoms with E-state index >= 15 is 0 Å². The number of hydrogen-bond donors (Lipinski definition) is 0. The molecule has 0 spiro atoms. The van der Waals surface area contributed by atoms with E-state index in [0.29, 0.717) is 0 Å². The Balaban J connectivity index is 2.14.